The van der Waals surface area contributed by atoms with Gasteiger partial charge in [-0.15, -0.1) is 0 Å². The molecular weight excluding hydrogens is 488 g/mol. The molecule has 0 spiro atoms. The highest BCUT2D eigenvalue weighted by molar-refractivity contribution is 6.53. The normalized spacial score (nSPS) is 16.5. The van der Waals surface area contributed by atoms with Gasteiger partial charge in [0, 0.05) is 44.0 Å². The van der Waals surface area contributed by atoms with Crippen LogP contribution in [0, 0.1) is 6.92 Å². The first-order valence-corrected chi connectivity index (χ1v) is 12.6. The second-order valence-corrected chi connectivity index (χ2v) is 9.60. The van der Waals surface area contributed by atoms with Crippen LogP contribution in [-0.2, 0) is 16.1 Å². The van der Waals surface area contributed by atoms with Crippen molar-refractivity contribution in [2.24, 2.45) is 0 Å². The summed E-state index contributed by atoms with van der Waals surface area (Å²) >= 11 is 6.24. The Morgan fingerprint density at radius 3 is 2.14 bits per heavy atom. The van der Waals surface area contributed by atoms with E-state index in [0.29, 0.717) is 30.0 Å². The van der Waals surface area contributed by atoms with E-state index in [2.05, 4.69) is 22.3 Å². The van der Waals surface area contributed by atoms with Gasteiger partial charge >= 0.3 is 0 Å². The Kier molecular flexibility index (Phi) is 7.08. The van der Waals surface area contributed by atoms with Crippen LogP contribution in [0.3, 0.4) is 0 Å². The average Bonchev–Trinajstić information content (AvgIpc) is 3.13. The second kappa shape index (κ2) is 10.6. The van der Waals surface area contributed by atoms with Crippen LogP contribution in [0.15, 0.2) is 89.6 Å². The van der Waals surface area contributed by atoms with Crippen LogP contribution < -0.4 is 10.2 Å². The number of carbonyl (C=O) groups is 3. The highest BCUT2D eigenvalue weighted by Crippen LogP contribution is 2.30. The lowest BCUT2D eigenvalue weighted by Crippen LogP contribution is -2.48. The Bertz CT molecular complexity index is 1350. The minimum Gasteiger partial charge on any atom is -0.350 e. The van der Waals surface area contributed by atoms with Crippen LogP contribution in [0.1, 0.15) is 21.5 Å². The highest BCUT2D eigenvalue weighted by Gasteiger charge is 2.39. The fourth-order valence-electron chi connectivity index (χ4n) is 4.51. The summed E-state index contributed by atoms with van der Waals surface area (Å²) in [6.45, 7) is 5.78. The highest BCUT2D eigenvalue weighted by atomic mass is 35.5. The molecule has 0 unspecified atom stereocenters. The Morgan fingerprint density at radius 2 is 1.49 bits per heavy atom. The Hall–Kier alpha value is -3.94. The van der Waals surface area contributed by atoms with Crippen molar-refractivity contribution in [2.45, 2.75) is 13.5 Å². The zero-order chi connectivity index (χ0) is 25.9. The maximum atomic E-state index is 13.0. The van der Waals surface area contributed by atoms with Gasteiger partial charge in [-0.05, 0) is 48.9 Å². The molecule has 0 bridgehead atoms. The van der Waals surface area contributed by atoms with E-state index in [1.165, 1.54) is 5.56 Å². The molecule has 3 amide bonds. The van der Waals surface area contributed by atoms with Crippen LogP contribution in [0.5, 0.6) is 0 Å². The number of hydrogen-bond acceptors (Lipinski definition) is 5. The number of aryl methyl sites for hydroxylation is 1. The van der Waals surface area contributed by atoms with Crippen LogP contribution in [0.4, 0.5) is 11.4 Å². The molecule has 0 aromatic heterocycles. The monoisotopic (exact) mass is 514 g/mol. The van der Waals surface area contributed by atoms with E-state index >= 15 is 0 Å². The van der Waals surface area contributed by atoms with Gasteiger partial charge in [0.05, 0.1) is 5.69 Å². The molecule has 0 radical (unpaired) electrons. The molecule has 1 fully saturated rings. The van der Waals surface area contributed by atoms with E-state index in [1.807, 2.05) is 42.2 Å². The summed E-state index contributed by atoms with van der Waals surface area (Å²) in [4.78, 5) is 44.0. The van der Waals surface area contributed by atoms with Crippen molar-refractivity contribution in [2.75, 3.05) is 36.4 Å². The molecule has 0 saturated carbocycles. The standard InChI is InChI=1S/C29H27ClN4O3/c1-20-7-13-24(14-8-20)34-28(36)25(30)26(29(34)37)31-23-11-9-22(10-12-23)27(35)33-17-15-32(16-18-33)19-21-5-3-2-4-6-21/h2-14,31H,15-19H2,1H3. The largest absolute Gasteiger partial charge is 0.350 e. The minimum absolute atomic E-state index is 0.0147. The van der Waals surface area contributed by atoms with Crippen molar-refractivity contribution in [1.29, 1.82) is 0 Å². The number of anilines is 2. The summed E-state index contributed by atoms with van der Waals surface area (Å²) in [5.41, 5.74) is 3.89. The predicted molar refractivity (Wildman–Crippen MR) is 144 cm³/mol. The number of halogens is 1. The van der Waals surface area contributed by atoms with Gasteiger partial charge in [-0.3, -0.25) is 19.3 Å². The van der Waals surface area contributed by atoms with E-state index in [1.54, 1.807) is 36.4 Å². The molecule has 5 rings (SSSR count). The average molecular weight is 515 g/mol. The lowest BCUT2D eigenvalue weighted by Gasteiger charge is -2.34. The summed E-state index contributed by atoms with van der Waals surface area (Å²) in [6, 6.07) is 24.3. The molecule has 1 saturated heterocycles. The van der Waals surface area contributed by atoms with Crippen LogP contribution >= 0.6 is 11.6 Å². The molecule has 0 aliphatic carbocycles. The number of carbonyl (C=O) groups excluding carboxylic acids is 3. The van der Waals surface area contributed by atoms with E-state index < -0.39 is 11.8 Å². The first-order chi connectivity index (χ1) is 17.9. The molecule has 0 atom stereocenters. The van der Waals surface area contributed by atoms with Gasteiger partial charge in [-0.1, -0.05) is 59.6 Å². The smallest absolute Gasteiger partial charge is 0.283 e. The minimum atomic E-state index is -0.573. The van der Waals surface area contributed by atoms with Gasteiger partial charge in [0.1, 0.15) is 10.7 Å². The van der Waals surface area contributed by atoms with Gasteiger partial charge in [0.2, 0.25) is 0 Å². The van der Waals surface area contributed by atoms with Gasteiger partial charge in [-0.25, -0.2) is 4.90 Å². The number of nitrogens with one attached hydrogen (secondary N) is 1. The number of benzene rings is 3. The van der Waals surface area contributed by atoms with E-state index in [4.69, 9.17) is 11.6 Å². The Balaban J connectivity index is 1.20. The molecule has 3 aromatic rings. The number of hydrogen-bond donors (Lipinski definition) is 1. The van der Waals surface area contributed by atoms with E-state index in [0.717, 1.165) is 30.1 Å². The third kappa shape index (κ3) is 5.28. The number of amides is 3. The SMILES string of the molecule is Cc1ccc(N2C(=O)C(Cl)=C(Nc3ccc(C(=O)N4CCN(Cc5ccccc5)CC4)cc3)C2=O)cc1. The molecule has 7 nitrogen and oxygen atoms in total. The predicted octanol–water partition coefficient (Wildman–Crippen LogP) is 4.39. The van der Waals surface area contributed by atoms with Crippen molar-refractivity contribution < 1.29 is 14.4 Å². The van der Waals surface area contributed by atoms with Gasteiger partial charge in [0.15, 0.2) is 0 Å². The number of rotatable bonds is 6. The summed E-state index contributed by atoms with van der Waals surface area (Å²) in [7, 11) is 0. The van der Waals surface area contributed by atoms with Crippen molar-refractivity contribution in [1.82, 2.24) is 9.80 Å². The fourth-order valence-corrected chi connectivity index (χ4v) is 4.73. The van der Waals surface area contributed by atoms with Crippen LogP contribution in [0.25, 0.3) is 0 Å². The van der Waals surface area contributed by atoms with Gasteiger partial charge in [0.25, 0.3) is 17.7 Å². The van der Waals surface area contributed by atoms with E-state index in [-0.39, 0.29) is 16.6 Å². The maximum absolute atomic E-state index is 13.0. The zero-order valence-corrected chi connectivity index (χ0v) is 21.2. The van der Waals surface area contributed by atoms with Crippen LogP contribution in [0.2, 0.25) is 0 Å². The quantitative estimate of drug-likeness (QED) is 0.494. The van der Waals surface area contributed by atoms with Crippen LogP contribution in [-0.4, -0.2) is 53.7 Å². The zero-order valence-electron chi connectivity index (χ0n) is 20.5. The lowest BCUT2D eigenvalue weighted by atomic mass is 10.1. The first kappa shape index (κ1) is 24.7. The van der Waals surface area contributed by atoms with Gasteiger partial charge < -0.3 is 10.2 Å². The van der Waals surface area contributed by atoms with Crippen molar-refractivity contribution in [3.63, 3.8) is 0 Å². The molecule has 37 heavy (non-hydrogen) atoms. The molecule has 2 aliphatic heterocycles. The summed E-state index contributed by atoms with van der Waals surface area (Å²) < 4.78 is 0. The Morgan fingerprint density at radius 1 is 0.838 bits per heavy atom. The first-order valence-electron chi connectivity index (χ1n) is 12.2. The molecule has 3 aromatic carbocycles. The third-order valence-electron chi connectivity index (χ3n) is 6.63. The summed E-state index contributed by atoms with van der Waals surface area (Å²) in [5, 5.41) is 2.79. The molecule has 2 aliphatic rings. The molecule has 188 valence electrons. The number of piperazine rings is 1. The summed E-state index contributed by atoms with van der Waals surface area (Å²) in [5.74, 6) is -1.12. The molecule has 2 heterocycles. The van der Waals surface area contributed by atoms with E-state index in [9.17, 15) is 14.4 Å². The molecular formula is C29H27ClN4O3. The third-order valence-corrected chi connectivity index (χ3v) is 6.98. The van der Waals surface area contributed by atoms with Crippen molar-refractivity contribution in [3.8, 4) is 0 Å². The maximum Gasteiger partial charge on any atom is 0.283 e. The van der Waals surface area contributed by atoms with Gasteiger partial charge in [-0.2, -0.15) is 0 Å². The van der Waals surface area contributed by atoms with Crippen molar-refractivity contribution in [3.05, 3.63) is 106 Å². The summed E-state index contributed by atoms with van der Waals surface area (Å²) in [6.07, 6.45) is 0. The van der Waals surface area contributed by atoms with Crippen molar-refractivity contribution >= 4 is 40.7 Å². The number of nitrogens with zero attached hydrogens (tertiary/aromatic N) is 3. The lowest BCUT2D eigenvalue weighted by molar-refractivity contribution is -0.120. The Labute approximate surface area is 220 Å². The topological polar surface area (TPSA) is 73.0 Å². The molecule has 8 heteroatoms. The second-order valence-electron chi connectivity index (χ2n) is 9.23. The number of imide groups is 1. The fraction of sp³-hybridized carbons (Fsp3) is 0.207. The molecule has 1 N–H and O–H groups in total.